The molecule has 5 nitrogen and oxygen atoms in total. The van der Waals surface area contributed by atoms with E-state index in [1.807, 2.05) is 51.1 Å². The lowest BCUT2D eigenvalue weighted by molar-refractivity contribution is -0.139. The lowest BCUT2D eigenvalue weighted by Gasteiger charge is -2.11. The first kappa shape index (κ1) is 15.9. The Hall–Kier alpha value is -2.43. The molecule has 1 unspecified atom stereocenters. The average Bonchev–Trinajstić information content (AvgIpc) is 2.56. The molecule has 0 aliphatic carbocycles. The summed E-state index contributed by atoms with van der Waals surface area (Å²) in [5.41, 5.74) is 1.50. The zero-order chi connectivity index (χ0) is 15.9. The first-order chi connectivity index (χ1) is 10.7. The number of esters is 1. The molecule has 0 radical (unpaired) electrons. The summed E-state index contributed by atoms with van der Waals surface area (Å²) in [5, 5.41) is 0. The highest BCUT2D eigenvalue weighted by Crippen LogP contribution is 2.28. The van der Waals surface area contributed by atoms with E-state index in [9.17, 15) is 4.79 Å². The minimum atomic E-state index is -0.328. The Labute approximate surface area is 130 Å². The maximum atomic E-state index is 11.9. The summed E-state index contributed by atoms with van der Waals surface area (Å²) in [5.74, 6) is 0.0538. The summed E-state index contributed by atoms with van der Waals surface area (Å²) in [4.78, 5) is 20.3. The Morgan fingerprint density at radius 1 is 1.23 bits per heavy atom. The van der Waals surface area contributed by atoms with E-state index in [4.69, 9.17) is 9.47 Å². The van der Waals surface area contributed by atoms with Crippen LogP contribution in [-0.4, -0.2) is 22.5 Å². The molecule has 0 N–H and O–H groups in total. The van der Waals surface area contributed by atoms with Gasteiger partial charge in [-0.2, -0.15) is 9.97 Å². The highest BCUT2D eigenvalue weighted by molar-refractivity contribution is 5.74. The molecule has 0 spiro atoms. The predicted molar refractivity (Wildman–Crippen MR) is 83.7 cm³/mol. The molecule has 0 aliphatic heterocycles. The van der Waals surface area contributed by atoms with Gasteiger partial charge in [0.2, 0.25) is 0 Å². The van der Waals surface area contributed by atoms with Crippen molar-refractivity contribution in [2.75, 3.05) is 6.61 Å². The molecule has 1 aromatic heterocycles. The van der Waals surface area contributed by atoms with Crippen molar-refractivity contribution in [1.29, 1.82) is 0 Å². The molecular weight excluding hydrogens is 280 g/mol. The van der Waals surface area contributed by atoms with Crippen molar-refractivity contribution in [1.82, 2.24) is 9.97 Å². The fourth-order valence-corrected chi connectivity index (χ4v) is 1.82. The van der Waals surface area contributed by atoms with Gasteiger partial charge in [0.25, 0.3) is 0 Å². The molecule has 1 aromatic carbocycles. The second-order valence-electron chi connectivity index (χ2n) is 4.89. The zero-order valence-electron chi connectivity index (χ0n) is 13.1. The highest BCUT2D eigenvalue weighted by atomic mass is 16.5. The Morgan fingerprint density at radius 2 is 1.95 bits per heavy atom. The second kappa shape index (κ2) is 7.54. The summed E-state index contributed by atoms with van der Waals surface area (Å²) in [7, 11) is 0. The van der Waals surface area contributed by atoms with Gasteiger partial charge in [-0.3, -0.25) is 4.79 Å². The highest BCUT2D eigenvalue weighted by Gasteiger charge is 2.17. The van der Waals surface area contributed by atoms with Gasteiger partial charge >= 0.3 is 12.0 Å². The van der Waals surface area contributed by atoms with Gasteiger partial charge in [-0.15, -0.1) is 0 Å². The molecule has 1 heterocycles. The van der Waals surface area contributed by atoms with Crippen LogP contribution >= 0.6 is 0 Å². The van der Waals surface area contributed by atoms with Crippen LogP contribution in [-0.2, 0) is 4.79 Å². The molecule has 2 rings (SSSR count). The number of carbonyl (C=O) groups excluding carboxylic acids is 1. The average molecular weight is 300 g/mol. The third-order valence-electron chi connectivity index (χ3n) is 3.29. The van der Waals surface area contributed by atoms with Crippen molar-refractivity contribution in [2.45, 2.75) is 27.2 Å². The Bertz CT molecular complexity index is 629. The van der Waals surface area contributed by atoms with Crippen molar-refractivity contribution >= 4 is 5.97 Å². The lowest BCUT2D eigenvalue weighted by atomic mass is 10.1. The van der Waals surface area contributed by atoms with Crippen LogP contribution in [0, 0.1) is 5.92 Å². The Kier molecular flexibility index (Phi) is 5.47. The smallest absolute Gasteiger partial charge is 0.325 e. The van der Waals surface area contributed by atoms with Crippen LogP contribution in [0.3, 0.4) is 0 Å². The number of nitrogens with zero attached hydrogens (tertiary/aromatic N) is 2. The second-order valence-corrected chi connectivity index (χ2v) is 4.89. The van der Waals surface area contributed by atoms with Crippen LogP contribution in [0.1, 0.15) is 27.2 Å². The number of carbonyl (C=O) groups is 1. The van der Waals surface area contributed by atoms with Gasteiger partial charge in [0.15, 0.2) is 5.75 Å². The van der Waals surface area contributed by atoms with Gasteiger partial charge in [0, 0.05) is 5.56 Å². The fraction of sp³-hybridized carbons (Fsp3) is 0.353. The minimum Gasteiger partial charge on any atom is -0.490 e. The molecular formula is C17H20N2O3. The van der Waals surface area contributed by atoms with Gasteiger partial charge in [0.05, 0.1) is 18.7 Å². The SMILES string of the molecule is CCOc1cnc(OC(=O)C(C)CC)nc1-c1ccccc1. The number of aromatic nitrogens is 2. The molecule has 0 fully saturated rings. The number of rotatable bonds is 6. The minimum absolute atomic E-state index is 0.0487. The van der Waals surface area contributed by atoms with E-state index in [0.29, 0.717) is 24.5 Å². The third-order valence-corrected chi connectivity index (χ3v) is 3.29. The van der Waals surface area contributed by atoms with E-state index >= 15 is 0 Å². The van der Waals surface area contributed by atoms with Crippen LogP contribution in [0.5, 0.6) is 11.8 Å². The first-order valence-electron chi connectivity index (χ1n) is 7.42. The first-order valence-corrected chi connectivity index (χ1v) is 7.42. The Morgan fingerprint density at radius 3 is 2.59 bits per heavy atom. The molecule has 5 heteroatoms. The van der Waals surface area contributed by atoms with Crippen molar-refractivity contribution < 1.29 is 14.3 Å². The van der Waals surface area contributed by atoms with Crippen LogP contribution < -0.4 is 9.47 Å². The zero-order valence-corrected chi connectivity index (χ0v) is 13.1. The van der Waals surface area contributed by atoms with Crippen LogP contribution in [0.2, 0.25) is 0 Å². The molecule has 0 amide bonds. The standard InChI is InChI=1S/C17H20N2O3/c1-4-12(3)16(20)22-17-18-11-14(21-5-2)15(19-17)13-9-7-6-8-10-13/h6-12H,4-5H2,1-3H3. The van der Waals surface area contributed by atoms with Gasteiger partial charge in [0.1, 0.15) is 5.69 Å². The van der Waals surface area contributed by atoms with E-state index in [1.54, 1.807) is 0 Å². The number of hydrogen-bond acceptors (Lipinski definition) is 5. The van der Waals surface area contributed by atoms with E-state index < -0.39 is 0 Å². The number of hydrogen-bond donors (Lipinski definition) is 0. The van der Waals surface area contributed by atoms with Crippen LogP contribution in [0.25, 0.3) is 11.3 Å². The summed E-state index contributed by atoms with van der Waals surface area (Å²) in [6.45, 7) is 6.15. The number of benzene rings is 1. The quantitative estimate of drug-likeness (QED) is 0.764. The molecule has 1 atom stereocenters. The van der Waals surface area contributed by atoms with Crippen molar-refractivity contribution in [3.05, 3.63) is 36.5 Å². The van der Waals surface area contributed by atoms with Crippen molar-refractivity contribution in [2.24, 2.45) is 5.92 Å². The van der Waals surface area contributed by atoms with E-state index in [0.717, 1.165) is 5.56 Å². The van der Waals surface area contributed by atoms with Gasteiger partial charge < -0.3 is 9.47 Å². The summed E-state index contributed by atoms with van der Waals surface area (Å²) in [6.07, 6.45) is 2.25. The molecule has 2 aromatic rings. The van der Waals surface area contributed by atoms with Gasteiger partial charge in [-0.05, 0) is 13.3 Å². The van der Waals surface area contributed by atoms with Gasteiger partial charge in [-0.25, -0.2) is 0 Å². The van der Waals surface area contributed by atoms with Gasteiger partial charge in [-0.1, -0.05) is 44.2 Å². The maximum absolute atomic E-state index is 11.9. The fourth-order valence-electron chi connectivity index (χ4n) is 1.82. The molecule has 0 aliphatic rings. The maximum Gasteiger partial charge on any atom is 0.325 e. The molecule has 116 valence electrons. The molecule has 0 saturated carbocycles. The van der Waals surface area contributed by atoms with Crippen molar-refractivity contribution in [3.63, 3.8) is 0 Å². The van der Waals surface area contributed by atoms with E-state index in [2.05, 4.69) is 9.97 Å². The van der Waals surface area contributed by atoms with E-state index in [-0.39, 0.29) is 17.9 Å². The lowest BCUT2D eigenvalue weighted by Crippen LogP contribution is -2.18. The summed E-state index contributed by atoms with van der Waals surface area (Å²) < 4.78 is 10.8. The molecule has 0 saturated heterocycles. The van der Waals surface area contributed by atoms with E-state index in [1.165, 1.54) is 6.20 Å². The summed E-state index contributed by atoms with van der Waals surface area (Å²) >= 11 is 0. The molecule has 0 bridgehead atoms. The summed E-state index contributed by atoms with van der Waals surface area (Å²) in [6, 6.07) is 9.65. The van der Waals surface area contributed by atoms with Crippen LogP contribution in [0.4, 0.5) is 0 Å². The Balaban J connectivity index is 2.33. The topological polar surface area (TPSA) is 61.3 Å². The van der Waals surface area contributed by atoms with Crippen molar-refractivity contribution in [3.8, 4) is 23.0 Å². The number of ether oxygens (including phenoxy) is 2. The van der Waals surface area contributed by atoms with Crippen LogP contribution in [0.15, 0.2) is 36.5 Å². The predicted octanol–water partition coefficient (Wildman–Crippen LogP) is 3.49. The normalized spacial score (nSPS) is 11.8. The largest absolute Gasteiger partial charge is 0.490 e. The monoisotopic (exact) mass is 300 g/mol. The molecule has 22 heavy (non-hydrogen) atoms. The third kappa shape index (κ3) is 3.81.